The third kappa shape index (κ3) is 5.94. The minimum atomic E-state index is -1.60. The summed E-state index contributed by atoms with van der Waals surface area (Å²) in [7, 11) is 0.147. The van der Waals surface area contributed by atoms with Crippen molar-refractivity contribution in [1.82, 2.24) is 0 Å². The normalized spacial score (nSPS) is 14.9. The summed E-state index contributed by atoms with van der Waals surface area (Å²) in [6, 6.07) is 21.0. The largest absolute Gasteiger partial charge is 0.381 e. The monoisotopic (exact) mass is 368 g/mol. The SMILES string of the molecule is CO[C@H](COC[Si](C)(C)/C(C)=C/[C@H](C)c1ccccc1)c1ccccc1. The molecule has 140 valence electrons. The van der Waals surface area contributed by atoms with Crippen LogP contribution in [0.2, 0.25) is 13.1 Å². The van der Waals surface area contributed by atoms with E-state index in [-0.39, 0.29) is 6.10 Å². The van der Waals surface area contributed by atoms with Crippen molar-refractivity contribution >= 4 is 8.07 Å². The van der Waals surface area contributed by atoms with Gasteiger partial charge in [-0.15, -0.1) is 0 Å². The predicted molar refractivity (Wildman–Crippen MR) is 113 cm³/mol. The standard InChI is InChI=1S/C23H32O2Si/c1-19(21-12-8-6-9-13-21)16-20(2)26(4,5)18-25-17-23(24-3)22-14-10-7-11-15-22/h6-16,19,23H,17-18H2,1-5H3/b20-16+/t19-,23+/m0/s1. The first-order chi connectivity index (χ1) is 12.4. The number of hydrogen-bond acceptors (Lipinski definition) is 2. The van der Waals surface area contributed by atoms with Crippen LogP contribution in [0.3, 0.4) is 0 Å². The van der Waals surface area contributed by atoms with Gasteiger partial charge in [0.15, 0.2) is 0 Å². The van der Waals surface area contributed by atoms with Crippen molar-refractivity contribution in [3.63, 3.8) is 0 Å². The van der Waals surface area contributed by atoms with Crippen LogP contribution >= 0.6 is 0 Å². The van der Waals surface area contributed by atoms with Gasteiger partial charge in [0.1, 0.15) is 14.2 Å². The van der Waals surface area contributed by atoms with Crippen LogP contribution in [-0.2, 0) is 9.47 Å². The lowest BCUT2D eigenvalue weighted by molar-refractivity contribution is 0.0199. The van der Waals surface area contributed by atoms with E-state index in [0.29, 0.717) is 12.5 Å². The molecule has 26 heavy (non-hydrogen) atoms. The lowest BCUT2D eigenvalue weighted by atomic mass is 10.0. The zero-order valence-electron chi connectivity index (χ0n) is 16.7. The highest BCUT2D eigenvalue weighted by molar-refractivity contribution is 6.84. The Kier molecular flexibility index (Phi) is 7.82. The van der Waals surface area contributed by atoms with Gasteiger partial charge in [0.05, 0.1) is 6.61 Å². The van der Waals surface area contributed by atoms with Crippen LogP contribution in [0, 0.1) is 0 Å². The molecule has 2 aromatic carbocycles. The molecule has 0 saturated heterocycles. The molecule has 0 unspecified atom stereocenters. The molecule has 2 nitrogen and oxygen atoms in total. The molecule has 0 aromatic heterocycles. The smallest absolute Gasteiger partial charge is 0.105 e. The summed E-state index contributed by atoms with van der Waals surface area (Å²) in [6.07, 6.45) is 3.22. The quantitative estimate of drug-likeness (QED) is 0.511. The van der Waals surface area contributed by atoms with Gasteiger partial charge in [0.2, 0.25) is 0 Å². The zero-order chi connectivity index (χ0) is 19.0. The second-order valence-electron chi connectivity index (χ2n) is 7.58. The van der Waals surface area contributed by atoms with Crippen molar-refractivity contribution in [3.05, 3.63) is 83.1 Å². The van der Waals surface area contributed by atoms with Gasteiger partial charge < -0.3 is 9.47 Å². The molecule has 2 aromatic rings. The molecule has 0 bridgehead atoms. The number of rotatable bonds is 9. The van der Waals surface area contributed by atoms with E-state index in [4.69, 9.17) is 9.47 Å². The molecule has 0 fully saturated rings. The fraction of sp³-hybridized carbons (Fsp3) is 0.391. The van der Waals surface area contributed by atoms with E-state index < -0.39 is 8.07 Å². The molecule has 0 aliphatic rings. The molecule has 2 atom stereocenters. The van der Waals surface area contributed by atoms with Crippen LogP contribution in [0.5, 0.6) is 0 Å². The second-order valence-corrected chi connectivity index (χ2v) is 12.4. The minimum Gasteiger partial charge on any atom is -0.381 e. The van der Waals surface area contributed by atoms with Gasteiger partial charge in [0.25, 0.3) is 0 Å². The second kappa shape index (κ2) is 9.86. The Morgan fingerprint density at radius 1 is 0.962 bits per heavy atom. The molecule has 3 heteroatoms. The van der Waals surface area contributed by atoms with Crippen LogP contribution in [0.15, 0.2) is 71.9 Å². The van der Waals surface area contributed by atoms with Crippen LogP contribution in [0.1, 0.15) is 37.0 Å². The summed E-state index contributed by atoms with van der Waals surface area (Å²) >= 11 is 0. The summed E-state index contributed by atoms with van der Waals surface area (Å²) in [4.78, 5) is 0. The third-order valence-electron chi connectivity index (χ3n) is 5.08. The summed E-state index contributed by atoms with van der Waals surface area (Å²) in [6.45, 7) is 9.88. The Morgan fingerprint density at radius 2 is 1.50 bits per heavy atom. The topological polar surface area (TPSA) is 18.5 Å². The average molecular weight is 369 g/mol. The number of methoxy groups -OCH3 is 1. The number of ether oxygens (including phenoxy) is 2. The van der Waals surface area contributed by atoms with Gasteiger partial charge in [-0.1, -0.05) is 92.0 Å². The van der Waals surface area contributed by atoms with E-state index in [9.17, 15) is 0 Å². The van der Waals surface area contributed by atoms with E-state index in [1.807, 2.05) is 18.2 Å². The third-order valence-corrected chi connectivity index (χ3v) is 8.31. The maximum Gasteiger partial charge on any atom is 0.105 e. The van der Waals surface area contributed by atoms with Crippen molar-refractivity contribution in [1.29, 1.82) is 0 Å². The van der Waals surface area contributed by atoms with Gasteiger partial charge in [-0.2, -0.15) is 0 Å². The molecule has 0 N–H and O–H groups in total. The van der Waals surface area contributed by atoms with Crippen molar-refractivity contribution in [2.45, 2.75) is 39.0 Å². The van der Waals surface area contributed by atoms with Gasteiger partial charge in [-0.25, -0.2) is 0 Å². The fourth-order valence-electron chi connectivity index (χ4n) is 2.96. The molecule has 0 amide bonds. The lowest BCUT2D eigenvalue weighted by Crippen LogP contribution is -2.36. The lowest BCUT2D eigenvalue weighted by Gasteiger charge is -2.26. The highest BCUT2D eigenvalue weighted by Crippen LogP contribution is 2.24. The van der Waals surface area contributed by atoms with Crippen molar-refractivity contribution < 1.29 is 9.47 Å². The highest BCUT2D eigenvalue weighted by atomic mass is 28.3. The maximum atomic E-state index is 6.11. The maximum absolute atomic E-state index is 6.11. The molecule has 0 aliphatic carbocycles. The Balaban J connectivity index is 1.93. The van der Waals surface area contributed by atoms with E-state index in [0.717, 1.165) is 6.23 Å². The van der Waals surface area contributed by atoms with Gasteiger partial charge in [-0.05, 0) is 24.0 Å². The molecular weight excluding hydrogens is 336 g/mol. The average Bonchev–Trinajstić information content (AvgIpc) is 2.66. The molecular formula is C23H32O2Si. The van der Waals surface area contributed by atoms with Crippen molar-refractivity contribution in [2.24, 2.45) is 0 Å². The number of benzene rings is 2. The summed E-state index contributed by atoms with van der Waals surface area (Å²) in [5.41, 5.74) is 2.53. The first-order valence-corrected chi connectivity index (χ1v) is 12.5. The molecule has 0 radical (unpaired) electrons. The molecule has 0 spiro atoms. The summed E-state index contributed by atoms with van der Waals surface area (Å²) < 4.78 is 11.7. The Bertz CT molecular complexity index is 680. The van der Waals surface area contributed by atoms with E-state index >= 15 is 0 Å². The van der Waals surface area contributed by atoms with E-state index in [1.54, 1.807) is 7.11 Å². The number of allylic oxidation sites excluding steroid dienone is 2. The molecule has 0 aliphatic heterocycles. The first kappa shape index (κ1) is 20.6. The van der Waals surface area contributed by atoms with Crippen LogP contribution in [0.4, 0.5) is 0 Å². The predicted octanol–water partition coefficient (Wildman–Crippen LogP) is 5.93. The summed E-state index contributed by atoms with van der Waals surface area (Å²) in [5.74, 6) is 0.430. The zero-order valence-corrected chi connectivity index (χ0v) is 17.7. The molecule has 0 saturated carbocycles. The summed E-state index contributed by atoms with van der Waals surface area (Å²) in [5, 5.41) is 1.49. The Labute approximate surface area is 159 Å². The minimum absolute atomic E-state index is 0.00599. The fourth-order valence-corrected chi connectivity index (χ4v) is 4.51. The molecule has 0 heterocycles. The van der Waals surface area contributed by atoms with Gasteiger partial charge >= 0.3 is 0 Å². The first-order valence-electron chi connectivity index (χ1n) is 9.33. The van der Waals surface area contributed by atoms with E-state index in [1.165, 1.54) is 16.3 Å². The van der Waals surface area contributed by atoms with Crippen molar-refractivity contribution in [3.8, 4) is 0 Å². The Morgan fingerprint density at radius 3 is 2.04 bits per heavy atom. The van der Waals surface area contributed by atoms with Crippen molar-refractivity contribution in [2.75, 3.05) is 19.9 Å². The van der Waals surface area contributed by atoms with Crippen LogP contribution < -0.4 is 0 Å². The van der Waals surface area contributed by atoms with Gasteiger partial charge in [-0.3, -0.25) is 0 Å². The highest BCUT2D eigenvalue weighted by Gasteiger charge is 2.25. The molecule has 2 rings (SSSR count). The van der Waals surface area contributed by atoms with E-state index in [2.05, 4.69) is 75.5 Å². The Hall–Kier alpha value is -1.68. The van der Waals surface area contributed by atoms with Crippen LogP contribution in [-0.4, -0.2) is 28.0 Å². The van der Waals surface area contributed by atoms with Gasteiger partial charge in [0, 0.05) is 13.3 Å². The van der Waals surface area contributed by atoms with Crippen LogP contribution in [0.25, 0.3) is 0 Å². The number of hydrogen-bond donors (Lipinski definition) is 0.